The summed E-state index contributed by atoms with van der Waals surface area (Å²) in [7, 11) is 1.68. The van der Waals surface area contributed by atoms with Crippen molar-refractivity contribution in [1.29, 1.82) is 0 Å². The fourth-order valence-corrected chi connectivity index (χ4v) is 3.46. The van der Waals surface area contributed by atoms with Gasteiger partial charge in [0.05, 0.1) is 11.6 Å². The lowest BCUT2D eigenvalue weighted by molar-refractivity contribution is -0.124. The molecule has 24 heavy (non-hydrogen) atoms. The van der Waals surface area contributed by atoms with E-state index in [0.717, 1.165) is 14.6 Å². The number of amides is 2. The molecule has 1 aliphatic heterocycles. The van der Waals surface area contributed by atoms with Crippen LogP contribution in [0.15, 0.2) is 51.5 Å². The second kappa shape index (κ2) is 7.03. The highest BCUT2D eigenvalue weighted by molar-refractivity contribution is 9.10. The van der Waals surface area contributed by atoms with E-state index in [1.807, 2.05) is 30.3 Å². The number of carbonyl (C=O) groups excluding carboxylic acids is 2. The molecule has 0 radical (unpaired) electrons. The molecule has 0 bridgehead atoms. The number of aromatic nitrogens is 1. The largest absolute Gasteiger partial charge is 0.310 e. The molecule has 1 aromatic heterocycles. The minimum atomic E-state index is -0.375. The smallest absolute Gasteiger partial charge is 0.233 e. The molecule has 1 saturated heterocycles. The fraction of sp³-hybridized carbons (Fsp3) is 0.235. The number of nitrogens with zero attached hydrogens (tertiary/aromatic N) is 3. The summed E-state index contributed by atoms with van der Waals surface area (Å²) in [6.45, 7) is 0.376. The van der Waals surface area contributed by atoms with E-state index in [0.29, 0.717) is 12.4 Å². The second-order valence-corrected chi connectivity index (χ2v) is 7.36. The molecule has 0 N–H and O–H groups in total. The lowest BCUT2D eigenvalue weighted by Gasteiger charge is -2.21. The van der Waals surface area contributed by atoms with Gasteiger partial charge in [0.25, 0.3) is 0 Å². The van der Waals surface area contributed by atoms with Gasteiger partial charge in [0.15, 0.2) is 0 Å². The molecule has 1 atom stereocenters. The molecular formula is C17H15Br2N3O2. The maximum Gasteiger partial charge on any atom is 0.233 e. The lowest BCUT2D eigenvalue weighted by Crippen LogP contribution is -2.35. The van der Waals surface area contributed by atoms with Crippen molar-refractivity contribution in [3.05, 3.63) is 51.5 Å². The Labute approximate surface area is 156 Å². The SMILES string of the molecule is CN(C(=O)C1CC(=O)N(c2ccccc2Br)C1)c1ccc(Br)cn1. The van der Waals surface area contributed by atoms with Gasteiger partial charge in [0.1, 0.15) is 5.82 Å². The van der Waals surface area contributed by atoms with Crippen LogP contribution in [0.25, 0.3) is 0 Å². The van der Waals surface area contributed by atoms with Crippen molar-refractivity contribution in [2.24, 2.45) is 5.92 Å². The second-order valence-electron chi connectivity index (χ2n) is 5.59. The minimum Gasteiger partial charge on any atom is -0.310 e. The van der Waals surface area contributed by atoms with Gasteiger partial charge in [0, 0.05) is 35.2 Å². The van der Waals surface area contributed by atoms with E-state index in [4.69, 9.17) is 0 Å². The number of para-hydroxylation sites is 1. The Morgan fingerprint density at radius 1 is 1.25 bits per heavy atom. The van der Waals surface area contributed by atoms with Crippen molar-refractivity contribution < 1.29 is 9.59 Å². The summed E-state index contributed by atoms with van der Waals surface area (Å²) >= 11 is 6.78. The normalized spacial score (nSPS) is 17.2. The maximum atomic E-state index is 12.7. The number of rotatable bonds is 3. The van der Waals surface area contributed by atoms with Crippen LogP contribution >= 0.6 is 31.9 Å². The van der Waals surface area contributed by atoms with Crippen LogP contribution in [0.4, 0.5) is 11.5 Å². The zero-order valence-corrected chi connectivity index (χ0v) is 16.1. The number of halogens is 2. The Bertz CT molecular complexity index is 780. The van der Waals surface area contributed by atoms with Gasteiger partial charge >= 0.3 is 0 Å². The number of hydrogen-bond acceptors (Lipinski definition) is 3. The predicted molar refractivity (Wildman–Crippen MR) is 99.9 cm³/mol. The van der Waals surface area contributed by atoms with Gasteiger partial charge in [-0.2, -0.15) is 0 Å². The molecule has 0 spiro atoms. The van der Waals surface area contributed by atoms with Crippen LogP contribution in [0.3, 0.4) is 0 Å². The number of hydrogen-bond donors (Lipinski definition) is 0. The van der Waals surface area contributed by atoms with Crippen LogP contribution in [0.5, 0.6) is 0 Å². The molecule has 0 aliphatic carbocycles. The highest BCUT2D eigenvalue weighted by Crippen LogP contribution is 2.32. The van der Waals surface area contributed by atoms with Gasteiger partial charge in [-0.3, -0.25) is 14.5 Å². The van der Waals surface area contributed by atoms with Crippen molar-refractivity contribution in [2.45, 2.75) is 6.42 Å². The minimum absolute atomic E-state index is 0.0441. The van der Waals surface area contributed by atoms with E-state index in [9.17, 15) is 9.59 Å². The summed E-state index contributed by atoms with van der Waals surface area (Å²) in [5.41, 5.74) is 0.794. The van der Waals surface area contributed by atoms with Crippen molar-refractivity contribution in [3.8, 4) is 0 Å². The predicted octanol–water partition coefficient (Wildman–Crippen LogP) is 3.62. The van der Waals surface area contributed by atoms with E-state index in [1.54, 1.807) is 24.2 Å². The summed E-state index contributed by atoms with van der Waals surface area (Å²) in [4.78, 5) is 32.5. The van der Waals surface area contributed by atoms with Gasteiger partial charge in [-0.1, -0.05) is 12.1 Å². The zero-order valence-electron chi connectivity index (χ0n) is 12.9. The van der Waals surface area contributed by atoms with Crippen LogP contribution in [0, 0.1) is 5.92 Å². The van der Waals surface area contributed by atoms with Gasteiger partial charge in [-0.05, 0) is 56.1 Å². The van der Waals surface area contributed by atoms with Gasteiger partial charge in [-0.25, -0.2) is 4.98 Å². The quantitative estimate of drug-likeness (QED) is 0.714. The van der Waals surface area contributed by atoms with Crippen LogP contribution in [-0.4, -0.2) is 30.4 Å². The Morgan fingerprint density at radius 3 is 2.67 bits per heavy atom. The Hall–Kier alpha value is -1.73. The standard InChI is InChI=1S/C17H15Br2N3O2/c1-21(15-7-6-12(18)9-20-15)17(24)11-8-16(23)22(10-11)14-5-3-2-4-13(14)19/h2-7,9,11H,8,10H2,1H3. The lowest BCUT2D eigenvalue weighted by atomic mass is 10.1. The van der Waals surface area contributed by atoms with Gasteiger partial charge in [-0.15, -0.1) is 0 Å². The molecule has 1 aromatic carbocycles. The summed E-state index contributed by atoms with van der Waals surface area (Å²) in [5, 5.41) is 0. The van der Waals surface area contributed by atoms with E-state index in [2.05, 4.69) is 36.8 Å². The molecule has 3 rings (SSSR count). The van der Waals surface area contributed by atoms with E-state index < -0.39 is 0 Å². The van der Waals surface area contributed by atoms with Crippen molar-refractivity contribution in [2.75, 3.05) is 23.4 Å². The van der Waals surface area contributed by atoms with Crippen LogP contribution in [0.1, 0.15) is 6.42 Å². The molecule has 1 unspecified atom stereocenters. The van der Waals surface area contributed by atoms with Crippen molar-refractivity contribution >= 4 is 55.2 Å². The zero-order chi connectivity index (χ0) is 17.3. The molecular weight excluding hydrogens is 438 g/mol. The summed E-state index contributed by atoms with van der Waals surface area (Å²) in [6.07, 6.45) is 1.85. The van der Waals surface area contributed by atoms with Crippen LogP contribution < -0.4 is 9.80 Å². The third kappa shape index (κ3) is 3.37. The third-order valence-electron chi connectivity index (χ3n) is 4.00. The van der Waals surface area contributed by atoms with Crippen molar-refractivity contribution in [3.63, 3.8) is 0 Å². The van der Waals surface area contributed by atoms with E-state index in [-0.39, 0.29) is 24.2 Å². The number of anilines is 2. The van der Waals surface area contributed by atoms with Crippen LogP contribution in [-0.2, 0) is 9.59 Å². The Balaban J connectivity index is 1.76. The van der Waals surface area contributed by atoms with Gasteiger partial charge < -0.3 is 4.90 Å². The van der Waals surface area contributed by atoms with E-state index in [1.165, 1.54) is 4.90 Å². The molecule has 5 nitrogen and oxygen atoms in total. The molecule has 2 amide bonds. The fourth-order valence-electron chi connectivity index (χ4n) is 2.73. The number of benzene rings is 1. The molecule has 2 heterocycles. The first kappa shape index (κ1) is 17.1. The topological polar surface area (TPSA) is 53.5 Å². The first-order valence-corrected chi connectivity index (χ1v) is 9.00. The average molecular weight is 453 g/mol. The number of pyridine rings is 1. The van der Waals surface area contributed by atoms with Crippen molar-refractivity contribution in [1.82, 2.24) is 4.98 Å². The Kier molecular flexibility index (Phi) is 5.01. The first-order valence-electron chi connectivity index (χ1n) is 7.41. The summed E-state index contributed by atoms with van der Waals surface area (Å²) < 4.78 is 1.69. The monoisotopic (exact) mass is 451 g/mol. The molecule has 1 aliphatic rings. The maximum absolute atomic E-state index is 12.7. The average Bonchev–Trinajstić information content (AvgIpc) is 2.96. The van der Waals surface area contributed by atoms with Gasteiger partial charge in [0.2, 0.25) is 11.8 Å². The molecule has 1 fully saturated rings. The third-order valence-corrected chi connectivity index (χ3v) is 5.14. The number of carbonyl (C=O) groups is 2. The Morgan fingerprint density at radius 2 is 2.00 bits per heavy atom. The highest BCUT2D eigenvalue weighted by Gasteiger charge is 2.37. The molecule has 124 valence electrons. The molecule has 2 aromatic rings. The first-order chi connectivity index (χ1) is 11.5. The summed E-state index contributed by atoms with van der Waals surface area (Å²) in [6, 6.07) is 11.1. The molecule has 0 saturated carbocycles. The summed E-state index contributed by atoms with van der Waals surface area (Å²) in [5.74, 6) is 0.0418. The van der Waals surface area contributed by atoms with E-state index >= 15 is 0 Å². The van der Waals surface area contributed by atoms with Crippen LogP contribution in [0.2, 0.25) is 0 Å². The molecule has 7 heteroatoms. The highest BCUT2D eigenvalue weighted by atomic mass is 79.9.